The Morgan fingerprint density at radius 3 is 2.50 bits per heavy atom. The smallest absolute Gasteiger partial charge is 0.0409 e. The predicted octanol–water partition coefficient (Wildman–Crippen LogP) is 4.25. The summed E-state index contributed by atoms with van der Waals surface area (Å²) in [5.74, 6) is 0. The average Bonchev–Trinajstić information content (AvgIpc) is 2.16. The quantitative estimate of drug-likeness (QED) is 0.828. The molecule has 0 spiro atoms. The molecule has 0 radical (unpaired) electrons. The van der Waals surface area contributed by atoms with E-state index in [1.807, 2.05) is 18.2 Å². The molecule has 1 nitrogen and oxygen atoms in total. The van der Waals surface area contributed by atoms with Crippen molar-refractivity contribution in [1.82, 2.24) is 5.32 Å². The second-order valence-electron chi connectivity index (χ2n) is 5.34. The molecule has 1 atom stereocenters. The molecule has 1 unspecified atom stereocenters. The zero-order chi connectivity index (χ0) is 12.2. The topological polar surface area (TPSA) is 12.0 Å². The van der Waals surface area contributed by atoms with Crippen molar-refractivity contribution in [3.8, 4) is 0 Å². The number of halogens is 1. The number of benzene rings is 1. The van der Waals surface area contributed by atoms with Crippen molar-refractivity contribution < 1.29 is 0 Å². The Labute approximate surface area is 104 Å². The van der Waals surface area contributed by atoms with E-state index in [0.29, 0.717) is 11.5 Å². The summed E-state index contributed by atoms with van der Waals surface area (Å²) in [5, 5.41) is 4.40. The molecular weight excluding hydrogens is 218 g/mol. The van der Waals surface area contributed by atoms with Gasteiger partial charge >= 0.3 is 0 Å². The Balaban J connectivity index is 2.56. The lowest BCUT2D eigenvalue weighted by molar-refractivity contribution is 0.259. The van der Waals surface area contributed by atoms with Gasteiger partial charge in [-0.2, -0.15) is 0 Å². The van der Waals surface area contributed by atoms with Crippen molar-refractivity contribution in [2.45, 2.75) is 46.7 Å². The van der Waals surface area contributed by atoms with Gasteiger partial charge in [0, 0.05) is 17.6 Å². The maximum absolute atomic E-state index is 5.96. The highest BCUT2D eigenvalue weighted by molar-refractivity contribution is 6.30. The Hall–Kier alpha value is -0.530. The first-order valence-corrected chi connectivity index (χ1v) is 6.29. The SMILES string of the molecule is CCC(NCc1cccc(Cl)c1)C(C)(C)C. The van der Waals surface area contributed by atoms with Gasteiger partial charge in [-0.1, -0.05) is 51.4 Å². The lowest BCUT2D eigenvalue weighted by Gasteiger charge is -2.30. The highest BCUT2D eigenvalue weighted by atomic mass is 35.5. The molecule has 0 aromatic heterocycles. The fourth-order valence-electron chi connectivity index (χ4n) is 1.95. The summed E-state index contributed by atoms with van der Waals surface area (Å²) in [6, 6.07) is 8.56. The van der Waals surface area contributed by atoms with Gasteiger partial charge in [-0.05, 0) is 29.5 Å². The van der Waals surface area contributed by atoms with Crippen LogP contribution in [0.4, 0.5) is 0 Å². The first kappa shape index (κ1) is 13.5. The molecule has 90 valence electrons. The molecule has 2 heteroatoms. The van der Waals surface area contributed by atoms with Gasteiger partial charge in [0.2, 0.25) is 0 Å². The van der Waals surface area contributed by atoms with E-state index in [2.05, 4.69) is 39.1 Å². The lowest BCUT2D eigenvalue weighted by Crippen LogP contribution is -2.39. The highest BCUT2D eigenvalue weighted by Crippen LogP contribution is 2.22. The minimum absolute atomic E-state index is 0.299. The van der Waals surface area contributed by atoms with Crippen LogP contribution in [0.1, 0.15) is 39.7 Å². The zero-order valence-corrected chi connectivity index (χ0v) is 11.4. The predicted molar refractivity (Wildman–Crippen MR) is 71.8 cm³/mol. The Morgan fingerprint density at radius 2 is 2.00 bits per heavy atom. The van der Waals surface area contributed by atoms with Crippen molar-refractivity contribution in [3.05, 3.63) is 34.9 Å². The van der Waals surface area contributed by atoms with Crippen molar-refractivity contribution in [2.75, 3.05) is 0 Å². The van der Waals surface area contributed by atoms with Crippen LogP contribution in [0.25, 0.3) is 0 Å². The summed E-state index contributed by atoms with van der Waals surface area (Å²) in [4.78, 5) is 0. The third kappa shape index (κ3) is 4.15. The van der Waals surface area contributed by atoms with Crippen molar-refractivity contribution >= 4 is 11.6 Å². The van der Waals surface area contributed by atoms with E-state index in [1.165, 1.54) is 5.56 Å². The van der Waals surface area contributed by atoms with Crippen LogP contribution in [0.5, 0.6) is 0 Å². The molecule has 0 saturated heterocycles. The van der Waals surface area contributed by atoms with E-state index in [9.17, 15) is 0 Å². The summed E-state index contributed by atoms with van der Waals surface area (Å²) in [5.41, 5.74) is 1.54. The second kappa shape index (κ2) is 5.70. The maximum Gasteiger partial charge on any atom is 0.0409 e. The molecular formula is C14H22ClN. The van der Waals surface area contributed by atoms with Crippen LogP contribution in [0.3, 0.4) is 0 Å². The van der Waals surface area contributed by atoms with Gasteiger partial charge in [-0.25, -0.2) is 0 Å². The van der Waals surface area contributed by atoms with Crippen LogP contribution in [0, 0.1) is 5.41 Å². The molecule has 1 aromatic rings. The molecule has 0 aliphatic heterocycles. The van der Waals surface area contributed by atoms with E-state index >= 15 is 0 Å². The first-order chi connectivity index (χ1) is 7.43. The van der Waals surface area contributed by atoms with Gasteiger partial charge in [0.25, 0.3) is 0 Å². The van der Waals surface area contributed by atoms with Crippen LogP contribution in [0.2, 0.25) is 5.02 Å². The Morgan fingerprint density at radius 1 is 1.31 bits per heavy atom. The first-order valence-electron chi connectivity index (χ1n) is 5.91. The Kier molecular flexibility index (Phi) is 4.82. The molecule has 1 N–H and O–H groups in total. The molecule has 0 fully saturated rings. The van der Waals surface area contributed by atoms with Gasteiger partial charge in [-0.15, -0.1) is 0 Å². The monoisotopic (exact) mass is 239 g/mol. The number of nitrogens with one attached hydrogen (secondary N) is 1. The summed E-state index contributed by atoms with van der Waals surface area (Å²) in [6.07, 6.45) is 1.14. The van der Waals surface area contributed by atoms with E-state index in [-0.39, 0.29) is 0 Å². The lowest BCUT2D eigenvalue weighted by atomic mass is 9.85. The highest BCUT2D eigenvalue weighted by Gasteiger charge is 2.21. The van der Waals surface area contributed by atoms with Crippen LogP contribution in [-0.2, 0) is 6.54 Å². The number of rotatable bonds is 4. The fourth-order valence-corrected chi connectivity index (χ4v) is 2.16. The van der Waals surface area contributed by atoms with Gasteiger partial charge in [0.1, 0.15) is 0 Å². The van der Waals surface area contributed by atoms with Crippen molar-refractivity contribution in [3.63, 3.8) is 0 Å². The van der Waals surface area contributed by atoms with Crippen LogP contribution in [-0.4, -0.2) is 6.04 Å². The average molecular weight is 240 g/mol. The fraction of sp³-hybridized carbons (Fsp3) is 0.571. The second-order valence-corrected chi connectivity index (χ2v) is 5.77. The summed E-state index contributed by atoms with van der Waals surface area (Å²) >= 11 is 5.96. The number of hydrogen-bond donors (Lipinski definition) is 1. The van der Waals surface area contributed by atoms with E-state index in [4.69, 9.17) is 11.6 Å². The van der Waals surface area contributed by atoms with Crippen LogP contribution < -0.4 is 5.32 Å². The van der Waals surface area contributed by atoms with Crippen molar-refractivity contribution in [1.29, 1.82) is 0 Å². The minimum Gasteiger partial charge on any atom is -0.309 e. The van der Waals surface area contributed by atoms with E-state index in [1.54, 1.807) is 0 Å². The maximum atomic E-state index is 5.96. The third-order valence-corrected chi connectivity index (χ3v) is 3.13. The van der Waals surface area contributed by atoms with Crippen LogP contribution >= 0.6 is 11.6 Å². The standard InChI is InChI=1S/C14H22ClN/c1-5-13(14(2,3)4)16-10-11-7-6-8-12(15)9-11/h6-9,13,16H,5,10H2,1-4H3. The normalized spacial score (nSPS) is 13.8. The third-order valence-electron chi connectivity index (χ3n) is 2.90. The van der Waals surface area contributed by atoms with Gasteiger partial charge in [0.05, 0.1) is 0 Å². The molecule has 0 heterocycles. The van der Waals surface area contributed by atoms with Gasteiger partial charge in [0.15, 0.2) is 0 Å². The molecule has 0 saturated carbocycles. The molecule has 0 bridgehead atoms. The number of hydrogen-bond acceptors (Lipinski definition) is 1. The van der Waals surface area contributed by atoms with Crippen molar-refractivity contribution in [2.24, 2.45) is 5.41 Å². The molecule has 16 heavy (non-hydrogen) atoms. The largest absolute Gasteiger partial charge is 0.309 e. The molecule has 1 aromatic carbocycles. The van der Waals surface area contributed by atoms with Crippen LogP contribution in [0.15, 0.2) is 24.3 Å². The summed E-state index contributed by atoms with van der Waals surface area (Å²) in [6.45, 7) is 9.92. The summed E-state index contributed by atoms with van der Waals surface area (Å²) < 4.78 is 0. The van der Waals surface area contributed by atoms with E-state index < -0.39 is 0 Å². The minimum atomic E-state index is 0.299. The molecule has 0 aliphatic carbocycles. The summed E-state index contributed by atoms with van der Waals surface area (Å²) in [7, 11) is 0. The molecule has 1 rings (SSSR count). The molecule has 0 aliphatic rings. The van der Waals surface area contributed by atoms with Gasteiger partial charge in [-0.3, -0.25) is 0 Å². The zero-order valence-electron chi connectivity index (χ0n) is 10.7. The van der Waals surface area contributed by atoms with E-state index in [0.717, 1.165) is 18.0 Å². The Bertz CT molecular complexity index is 328. The molecule has 0 amide bonds. The van der Waals surface area contributed by atoms with Gasteiger partial charge < -0.3 is 5.32 Å².